The van der Waals surface area contributed by atoms with Gasteiger partial charge in [-0.3, -0.25) is 19.8 Å². The van der Waals surface area contributed by atoms with Crippen LogP contribution in [-0.2, 0) is 30.5 Å². The van der Waals surface area contributed by atoms with Crippen LogP contribution in [0.3, 0.4) is 0 Å². The van der Waals surface area contributed by atoms with Crippen molar-refractivity contribution >= 4 is 35.7 Å². The smallest absolute Gasteiger partial charge is 0.343 e. The second-order valence-corrected chi connectivity index (χ2v) is 8.90. The average molecular weight is 558 g/mol. The van der Waals surface area contributed by atoms with Crippen LogP contribution in [0.1, 0.15) is 46.8 Å². The number of nitrogens with one attached hydrogen (secondary N) is 2. The number of hydrogen-bond acceptors (Lipinski definition) is 8. The maximum atomic E-state index is 12.4. The van der Waals surface area contributed by atoms with Crippen molar-refractivity contribution in [3.63, 3.8) is 0 Å². The van der Waals surface area contributed by atoms with Gasteiger partial charge in [0.25, 0.3) is 0 Å². The van der Waals surface area contributed by atoms with E-state index in [1.165, 1.54) is 0 Å². The average Bonchev–Trinajstić information content (AvgIpc) is 2.97. The summed E-state index contributed by atoms with van der Waals surface area (Å²) >= 11 is 0. The molecule has 0 radical (unpaired) electrons. The molecule has 0 bridgehead atoms. The molecule has 0 aliphatic heterocycles. The summed E-state index contributed by atoms with van der Waals surface area (Å²) in [6, 6.07) is 22.0. The van der Waals surface area contributed by atoms with E-state index in [-0.39, 0.29) is 44.3 Å². The lowest BCUT2D eigenvalue weighted by Crippen LogP contribution is -2.27. The van der Waals surface area contributed by atoms with E-state index in [4.69, 9.17) is 25.4 Å². The standard InChI is InChI=1S/C31H31N3O7/c1-21(19-22-7-9-25(10-8-22)31(38)41-26-13-11-24(12-14-26)29(32)33)30(37)34-17-15-27(35)39-18-16-28(36)40-20-23-5-3-2-4-6-23/h2-14,19H,15-18,20H2,1H3,(H3,32,33)(H,34,37). The van der Waals surface area contributed by atoms with E-state index >= 15 is 0 Å². The lowest BCUT2D eigenvalue weighted by atomic mass is 10.1. The summed E-state index contributed by atoms with van der Waals surface area (Å²) in [5, 5.41) is 10.0. The molecule has 0 spiro atoms. The van der Waals surface area contributed by atoms with Crippen LogP contribution in [0.25, 0.3) is 6.08 Å². The summed E-state index contributed by atoms with van der Waals surface area (Å²) in [6.45, 7) is 1.75. The van der Waals surface area contributed by atoms with Crippen molar-refractivity contribution in [2.75, 3.05) is 13.2 Å². The molecule has 0 saturated carbocycles. The molecule has 0 aliphatic rings. The number of carbonyl (C=O) groups excluding carboxylic acids is 4. The van der Waals surface area contributed by atoms with Gasteiger partial charge >= 0.3 is 17.9 Å². The first-order chi connectivity index (χ1) is 19.7. The van der Waals surface area contributed by atoms with Gasteiger partial charge < -0.3 is 25.3 Å². The van der Waals surface area contributed by atoms with Crippen molar-refractivity contribution in [3.05, 3.63) is 107 Å². The Kier molecular flexibility index (Phi) is 11.4. The molecule has 0 heterocycles. The number of carbonyl (C=O) groups is 4. The number of benzene rings is 3. The molecule has 3 aromatic carbocycles. The van der Waals surface area contributed by atoms with Crippen molar-refractivity contribution in [1.29, 1.82) is 5.41 Å². The van der Waals surface area contributed by atoms with E-state index in [0.29, 0.717) is 28.0 Å². The summed E-state index contributed by atoms with van der Waals surface area (Å²) in [4.78, 5) is 48.4. The molecule has 3 rings (SSSR count). The Hall–Kier alpha value is -5.25. The first kappa shape index (κ1) is 30.3. The van der Waals surface area contributed by atoms with Gasteiger partial charge in [0, 0.05) is 17.7 Å². The molecule has 4 N–H and O–H groups in total. The quantitative estimate of drug-likeness (QED) is 0.0942. The lowest BCUT2D eigenvalue weighted by Gasteiger charge is -2.08. The van der Waals surface area contributed by atoms with Crippen LogP contribution in [0.4, 0.5) is 0 Å². The van der Waals surface area contributed by atoms with E-state index in [1.54, 1.807) is 61.5 Å². The zero-order valence-electron chi connectivity index (χ0n) is 22.6. The fraction of sp³-hybridized carbons (Fsp3) is 0.194. The van der Waals surface area contributed by atoms with E-state index in [0.717, 1.165) is 5.56 Å². The molecule has 3 aromatic rings. The second-order valence-electron chi connectivity index (χ2n) is 8.90. The summed E-state index contributed by atoms with van der Waals surface area (Å²) < 4.78 is 15.5. The van der Waals surface area contributed by atoms with Crippen LogP contribution in [-0.4, -0.2) is 42.8 Å². The molecule has 1 amide bonds. The van der Waals surface area contributed by atoms with Crippen molar-refractivity contribution in [2.45, 2.75) is 26.4 Å². The zero-order valence-corrected chi connectivity index (χ0v) is 22.6. The Morgan fingerprint density at radius 3 is 2.12 bits per heavy atom. The van der Waals surface area contributed by atoms with Crippen LogP contribution in [0, 0.1) is 5.41 Å². The highest BCUT2D eigenvalue weighted by Gasteiger charge is 2.11. The number of hydrogen-bond donors (Lipinski definition) is 3. The predicted molar refractivity (Wildman–Crippen MR) is 152 cm³/mol. The van der Waals surface area contributed by atoms with E-state index in [2.05, 4.69) is 5.32 Å². The summed E-state index contributed by atoms with van der Waals surface area (Å²) in [7, 11) is 0. The van der Waals surface area contributed by atoms with Gasteiger partial charge in [-0.05, 0) is 60.5 Å². The second kappa shape index (κ2) is 15.4. The minimum absolute atomic E-state index is 0.0492. The van der Waals surface area contributed by atoms with Crippen molar-refractivity contribution < 1.29 is 33.4 Å². The Morgan fingerprint density at radius 1 is 0.829 bits per heavy atom. The molecular formula is C31H31N3O7. The van der Waals surface area contributed by atoms with Gasteiger partial charge in [0.05, 0.1) is 18.4 Å². The van der Waals surface area contributed by atoms with Crippen LogP contribution < -0.4 is 15.8 Å². The van der Waals surface area contributed by atoms with E-state index < -0.39 is 17.9 Å². The van der Waals surface area contributed by atoms with Crippen LogP contribution in [0.15, 0.2) is 84.4 Å². The van der Waals surface area contributed by atoms with Crippen LogP contribution in [0.5, 0.6) is 5.75 Å². The normalized spacial score (nSPS) is 10.8. The molecule has 0 unspecified atom stereocenters. The number of amides is 1. The van der Waals surface area contributed by atoms with E-state index in [9.17, 15) is 19.2 Å². The van der Waals surface area contributed by atoms with E-state index in [1.807, 2.05) is 30.3 Å². The van der Waals surface area contributed by atoms with Crippen molar-refractivity contribution in [2.24, 2.45) is 5.73 Å². The number of amidine groups is 1. The number of nitrogens with two attached hydrogens (primary N) is 1. The maximum Gasteiger partial charge on any atom is 0.343 e. The largest absolute Gasteiger partial charge is 0.465 e. The minimum atomic E-state index is -0.554. The third-order valence-corrected chi connectivity index (χ3v) is 5.69. The molecule has 10 heteroatoms. The molecule has 41 heavy (non-hydrogen) atoms. The highest BCUT2D eigenvalue weighted by atomic mass is 16.5. The lowest BCUT2D eigenvalue weighted by molar-refractivity contribution is -0.150. The molecule has 10 nitrogen and oxygen atoms in total. The molecule has 0 aliphatic carbocycles. The topological polar surface area (TPSA) is 158 Å². The van der Waals surface area contributed by atoms with Crippen LogP contribution >= 0.6 is 0 Å². The highest BCUT2D eigenvalue weighted by molar-refractivity contribution is 5.98. The first-order valence-electron chi connectivity index (χ1n) is 12.8. The molecule has 212 valence electrons. The molecular weight excluding hydrogens is 526 g/mol. The number of esters is 3. The van der Waals surface area contributed by atoms with Crippen molar-refractivity contribution in [3.8, 4) is 5.75 Å². The predicted octanol–water partition coefficient (Wildman–Crippen LogP) is 3.78. The molecule has 0 aromatic heterocycles. The maximum absolute atomic E-state index is 12.4. The van der Waals surface area contributed by atoms with Gasteiger partial charge in [-0.1, -0.05) is 42.5 Å². The monoisotopic (exact) mass is 557 g/mol. The highest BCUT2D eigenvalue weighted by Crippen LogP contribution is 2.15. The third kappa shape index (κ3) is 10.4. The van der Waals surface area contributed by atoms with Gasteiger partial charge in [0.2, 0.25) is 5.91 Å². The number of rotatable bonds is 13. The van der Waals surface area contributed by atoms with Gasteiger partial charge in [0.1, 0.15) is 24.8 Å². The number of ether oxygens (including phenoxy) is 3. The Labute approximate surface area is 237 Å². The minimum Gasteiger partial charge on any atom is -0.465 e. The first-order valence-corrected chi connectivity index (χ1v) is 12.8. The van der Waals surface area contributed by atoms with Gasteiger partial charge in [-0.2, -0.15) is 0 Å². The molecule has 0 atom stereocenters. The third-order valence-electron chi connectivity index (χ3n) is 5.69. The van der Waals surface area contributed by atoms with Gasteiger partial charge in [-0.15, -0.1) is 0 Å². The summed E-state index contributed by atoms with van der Waals surface area (Å²) in [5.74, 6) is -1.69. The SMILES string of the molecule is CC(=Cc1ccc(C(=O)Oc2ccc(C(=N)N)cc2)cc1)C(=O)NCCC(=O)OCCC(=O)OCc1ccccc1. The molecule has 0 saturated heterocycles. The zero-order chi connectivity index (χ0) is 29.6. The van der Waals surface area contributed by atoms with Crippen LogP contribution in [0.2, 0.25) is 0 Å². The summed E-state index contributed by atoms with van der Waals surface area (Å²) in [5.41, 5.74) is 8.23. The Bertz CT molecular complexity index is 1400. The van der Waals surface area contributed by atoms with Gasteiger partial charge in [0.15, 0.2) is 0 Å². The molecule has 0 fully saturated rings. The Balaban J connectivity index is 1.35. The Morgan fingerprint density at radius 2 is 1.46 bits per heavy atom. The summed E-state index contributed by atoms with van der Waals surface area (Å²) in [6.07, 6.45) is 1.54. The fourth-order valence-electron chi connectivity index (χ4n) is 3.45. The van der Waals surface area contributed by atoms with Crippen molar-refractivity contribution in [1.82, 2.24) is 5.32 Å². The fourth-order valence-corrected chi connectivity index (χ4v) is 3.45. The number of nitrogen functional groups attached to an aromatic ring is 1. The van der Waals surface area contributed by atoms with Gasteiger partial charge in [-0.25, -0.2) is 4.79 Å².